The van der Waals surface area contributed by atoms with Gasteiger partial charge < -0.3 is 9.73 Å². The smallest absolute Gasteiger partial charge is 0.315 e. The second kappa shape index (κ2) is 6.06. The van der Waals surface area contributed by atoms with Gasteiger partial charge in [0, 0.05) is 16.2 Å². The van der Waals surface area contributed by atoms with Crippen LogP contribution in [0.3, 0.4) is 0 Å². The molecule has 0 aliphatic heterocycles. The lowest BCUT2D eigenvalue weighted by molar-refractivity contribution is 0.367. The van der Waals surface area contributed by atoms with E-state index in [4.69, 9.17) is 9.68 Å². The van der Waals surface area contributed by atoms with Crippen LogP contribution in [0.25, 0.3) is 0 Å². The van der Waals surface area contributed by atoms with Crippen LogP contribution in [0.1, 0.15) is 54.4 Å². The van der Waals surface area contributed by atoms with E-state index in [1.807, 2.05) is 11.4 Å². The summed E-state index contributed by atoms with van der Waals surface area (Å²) in [4.78, 5) is 1.08. The number of thiophene rings is 1. The lowest BCUT2D eigenvalue weighted by atomic mass is 9.89. The quantitative estimate of drug-likeness (QED) is 0.929. The van der Waals surface area contributed by atoms with Crippen LogP contribution in [-0.4, -0.2) is 10.2 Å². The molecule has 1 saturated carbocycles. The Morgan fingerprint density at radius 3 is 2.95 bits per heavy atom. The third kappa shape index (κ3) is 2.99. The van der Waals surface area contributed by atoms with Crippen LogP contribution in [0.5, 0.6) is 0 Å². The van der Waals surface area contributed by atoms with E-state index in [1.165, 1.54) is 19.3 Å². The van der Waals surface area contributed by atoms with Gasteiger partial charge >= 0.3 is 6.01 Å². The van der Waals surface area contributed by atoms with Gasteiger partial charge in [-0.3, -0.25) is 0 Å². The highest BCUT2D eigenvalue weighted by Crippen LogP contribution is 2.32. The number of rotatable bonds is 4. The molecule has 6 heteroatoms. The summed E-state index contributed by atoms with van der Waals surface area (Å²) in [7, 11) is 0. The van der Waals surface area contributed by atoms with Crippen molar-refractivity contribution in [2.75, 3.05) is 5.32 Å². The third-order valence-electron chi connectivity index (χ3n) is 3.59. The van der Waals surface area contributed by atoms with Gasteiger partial charge in [-0.2, -0.15) is 5.26 Å². The van der Waals surface area contributed by atoms with Crippen LogP contribution in [-0.2, 0) is 6.54 Å². The van der Waals surface area contributed by atoms with Crippen molar-refractivity contribution in [3.05, 3.63) is 27.8 Å². The van der Waals surface area contributed by atoms with Crippen LogP contribution in [0, 0.1) is 11.3 Å². The standard InChI is InChI=1S/C14H16N4OS/c15-7-10-6-12(20-9-10)8-16-14-18-17-13(19-14)11-4-2-1-3-5-11/h6,9,11H,1-5,8H2,(H,16,18). The summed E-state index contributed by atoms with van der Waals surface area (Å²) in [5.41, 5.74) is 0.695. The molecule has 0 spiro atoms. The summed E-state index contributed by atoms with van der Waals surface area (Å²) in [5.74, 6) is 1.19. The summed E-state index contributed by atoms with van der Waals surface area (Å²) in [6.07, 6.45) is 6.12. The average molecular weight is 288 g/mol. The van der Waals surface area contributed by atoms with E-state index >= 15 is 0 Å². The summed E-state index contributed by atoms with van der Waals surface area (Å²) in [6.45, 7) is 0.610. The second-order valence-electron chi connectivity index (χ2n) is 5.05. The van der Waals surface area contributed by atoms with Crippen molar-refractivity contribution >= 4 is 17.4 Å². The van der Waals surface area contributed by atoms with E-state index in [0.717, 1.165) is 23.6 Å². The lowest BCUT2D eigenvalue weighted by Gasteiger charge is -2.17. The topological polar surface area (TPSA) is 74.7 Å². The molecule has 3 rings (SSSR count). The summed E-state index contributed by atoms with van der Waals surface area (Å²) in [5, 5.41) is 21.9. The van der Waals surface area contributed by atoms with E-state index in [9.17, 15) is 0 Å². The maximum atomic E-state index is 8.78. The zero-order chi connectivity index (χ0) is 13.8. The maximum Gasteiger partial charge on any atom is 0.315 e. The highest BCUT2D eigenvalue weighted by Gasteiger charge is 2.21. The molecule has 0 aromatic carbocycles. The van der Waals surface area contributed by atoms with Crippen LogP contribution in [0.15, 0.2) is 15.9 Å². The molecule has 1 N–H and O–H groups in total. The molecule has 0 amide bonds. The molecule has 5 nitrogen and oxygen atoms in total. The zero-order valence-electron chi connectivity index (χ0n) is 11.1. The van der Waals surface area contributed by atoms with Crippen LogP contribution in [0.4, 0.5) is 6.01 Å². The first-order valence-corrected chi connectivity index (χ1v) is 7.78. The van der Waals surface area contributed by atoms with Crippen LogP contribution in [0.2, 0.25) is 0 Å². The Balaban J connectivity index is 1.58. The first-order chi connectivity index (χ1) is 9.85. The second-order valence-corrected chi connectivity index (χ2v) is 6.04. The molecule has 1 aliphatic carbocycles. The lowest BCUT2D eigenvalue weighted by Crippen LogP contribution is -2.04. The summed E-state index contributed by atoms with van der Waals surface area (Å²) < 4.78 is 5.68. The predicted octanol–water partition coefficient (Wildman–Crippen LogP) is 3.66. The fourth-order valence-electron chi connectivity index (χ4n) is 2.52. The number of nitrogens with zero attached hydrogens (tertiary/aromatic N) is 3. The molecule has 0 saturated heterocycles. The Labute approximate surface area is 121 Å². The molecule has 2 heterocycles. The number of hydrogen-bond donors (Lipinski definition) is 1. The molecule has 0 bridgehead atoms. The number of hydrogen-bond acceptors (Lipinski definition) is 6. The normalized spacial score (nSPS) is 15.9. The Kier molecular flexibility index (Phi) is 3.97. The van der Waals surface area contributed by atoms with Gasteiger partial charge in [0.25, 0.3) is 0 Å². The van der Waals surface area contributed by atoms with Crippen LogP contribution < -0.4 is 5.32 Å². The van der Waals surface area contributed by atoms with Crippen molar-refractivity contribution in [3.8, 4) is 6.07 Å². The van der Waals surface area contributed by atoms with Gasteiger partial charge in [0.1, 0.15) is 6.07 Å². The van der Waals surface area contributed by atoms with Gasteiger partial charge in [-0.1, -0.05) is 24.4 Å². The van der Waals surface area contributed by atoms with Gasteiger partial charge in [-0.15, -0.1) is 16.4 Å². The largest absolute Gasteiger partial charge is 0.408 e. The monoisotopic (exact) mass is 288 g/mol. The molecule has 0 radical (unpaired) electrons. The van der Waals surface area contributed by atoms with Crippen molar-refractivity contribution in [3.63, 3.8) is 0 Å². The molecule has 1 aliphatic rings. The molecule has 104 valence electrons. The summed E-state index contributed by atoms with van der Waals surface area (Å²) in [6, 6.07) is 4.46. The van der Waals surface area contributed by atoms with Crippen molar-refractivity contribution in [2.45, 2.75) is 44.6 Å². The molecule has 2 aromatic rings. The fraction of sp³-hybridized carbons (Fsp3) is 0.500. The zero-order valence-corrected chi connectivity index (χ0v) is 11.9. The first-order valence-electron chi connectivity index (χ1n) is 6.90. The first kappa shape index (κ1) is 13.1. The molecule has 0 unspecified atom stereocenters. The average Bonchev–Trinajstić information content (AvgIpc) is 3.15. The SMILES string of the molecule is N#Cc1csc(CNc2nnc(C3CCCCC3)o2)c1. The Morgan fingerprint density at radius 2 is 2.20 bits per heavy atom. The number of nitrogens with one attached hydrogen (secondary N) is 1. The molecule has 1 fully saturated rings. The van der Waals surface area contributed by atoms with Crippen LogP contribution >= 0.6 is 11.3 Å². The maximum absolute atomic E-state index is 8.78. The Hall–Kier alpha value is -1.87. The van der Waals surface area contributed by atoms with E-state index < -0.39 is 0 Å². The minimum atomic E-state index is 0.429. The van der Waals surface area contributed by atoms with E-state index in [2.05, 4.69) is 21.6 Å². The Bertz CT molecular complexity index is 607. The van der Waals surface area contributed by atoms with E-state index in [-0.39, 0.29) is 0 Å². The van der Waals surface area contributed by atoms with Crippen molar-refractivity contribution in [1.82, 2.24) is 10.2 Å². The highest BCUT2D eigenvalue weighted by atomic mass is 32.1. The minimum Gasteiger partial charge on any atom is -0.408 e. The number of anilines is 1. The van der Waals surface area contributed by atoms with Gasteiger partial charge in [0.15, 0.2) is 0 Å². The molecule has 0 atom stereocenters. The van der Waals surface area contributed by atoms with Crippen molar-refractivity contribution < 1.29 is 4.42 Å². The molecule has 2 aromatic heterocycles. The third-order valence-corrected chi connectivity index (χ3v) is 4.53. The van der Waals surface area contributed by atoms with E-state index in [1.54, 1.807) is 11.3 Å². The van der Waals surface area contributed by atoms with Gasteiger partial charge in [-0.05, 0) is 18.9 Å². The minimum absolute atomic E-state index is 0.429. The van der Waals surface area contributed by atoms with Crippen molar-refractivity contribution in [1.29, 1.82) is 5.26 Å². The van der Waals surface area contributed by atoms with Gasteiger partial charge in [-0.25, -0.2) is 0 Å². The van der Waals surface area contributed by atoms with Gasteiger partial charge in [0.05, 0.1) is 12.1 Å². The Morgan fingerprint density at radius 1 is 1.35 bits per heavy atom. The summed E-state index contributed by atoms with van der Waals surface area (Å²) >= 11 is 1.55. The van der Waals surface area contributed by atoms with Gasteiger partial charge in [0.2, 0.25) is 5.89 Å². The molecular weight excluding hydrogens is 272 g/mol. The number of aromatic nitrogens is 2. The highest BCUT2D eigenvalue weighted by molar-refractivity contribution is 7.10. The molecule has 20 heavy (non-hydrogen) atoms. The fourth-order valence-corrected chi connectivity index (χ4v) is 3.26. The number of nitriles is 1. The molecular formula is C14H16N4OS. The predicted molar refractivity (Wildman–Crippen MR) is 76.5 cm³/mol. The van der Waals surface area contributed by atoms with Crippen molar-refractivity contribution in [2.24, 2.45) is 0 Å². The van der Waals surface area contributed by atoms with E-state index in [0.29, 0.717) is 24.0 Å².